The molecule has 0 aliphatic rings. The summed E-state index contributed by atoms with van der Waals surface area (Å²) >= 11 is 0. The van der Waals surface area contributed by atoms with Crippen molar-refractivity contribution < 1.29 is 32.9 Å². The van der Waals surface area contributed by atoms with E-state index in [4.69, 9.17) is 9.05 Å². The second kappa shape index (κ2) is 71.0. The average molecular weight is 1280 g/mol. The lowest BCUT2D eigenvalue weighted by atomic mass is 10.0. The van der Waals surface area contributed by atoms with Gasteiger partial charge < -0.3 is 19.8 Å². The number of nitrogens with one attached hydrogen (secondary N) is 1. The lowest BCUT2D eigenvalue weighted by molar-refractivity contribution is -0.870. The van der Waals surface area contributed by atoms with Gasteiger partial charge in [-0.2, -0.15) is 0 Å². The van der Waals surface area contributed by atoms with Gasteiger partial charge in [-0.15, -0.1) is 0 Å². The number of quaternary nitrogens is 1. The summed E-state index contributed by atoms with van der Waals surface area (Å²) in [5, 5.41) is 14.0. The Kier molecular flexibility index (Phi) is 70.0. The number of aliphatic hydroxyl groups is 1. The van der Waals surface area contributed by atoms with E-state index in [0.717, 1.165) is 38.5 Å². The Morgan fingerprint density at radius 3 is 0.899 bits per heavy atom. The van der Waals surface area contributed by atoms with E-state index in [1.165, 1.54) is 360 Å². The molecule has 0 bridgehead atoms. The largest absolute Gasteiger partial charge is 0.472 e. The second-order valence-corrected chi connectivity index (χ2v) is 30.2. The summed E-state index contributed by atoms with van der Waals surface area (Å²) in [6.07, 6.45) is 96.4. The number of hydrogen-bond donors (Lipinski definition) is 3. The molecule has 0 aliphatic heterocycles. The zero-order valence-electron chi connectivity index (χ0n) is 60.7. The molecule has 0 aromatic rings. The summed E-state index contributed by atoms with van der Waals surface area (Å²) in [4.78, 5) is 23.5. The van der Waals surface area contributed by atoms with Crippen LogP contribution in [0.25, 0.3) is 0 Å². The molecule has 9 heteroatoms. The number of hydrogen-bond acceptors (Lipinski definition) is 5. The SMILES string of the molecule is CCCCCCCCCC/C=C\CCCCCCCCCCCCCCCCCCCCCCCCCCCCCC(=O)NC(COP(=O)(O)OCC[N+](C)(C)C)C(O)/C=C/CC/C=C/CCCCCCCCCCCCCCCCCCCCCCCC. The van der Waals surface area contributed by atoms with E-state index in [9.17, 15) is 19.4 Å². The Balaban J connectivity index is 3.94. The number of rotatable bonds is 75. The molecule has 0 aliphatic carbocycles. The van der Waals surface area contributed by atoms with Crippen molar-refractivity contribution in [2.75, 3.05) is 40.9 Å². The monoisotopic (exact) mass is 1270 g/mol. The Hall–Kier alpha value is -1.28. The van der Waals surface area contributed by atoms with Gasteiger partial charge in [0.2, 0.25) is 5.91 Å². The summed E-state index contributed by atoms with van der Waals surface area (Å²) in [5.74, 6) is -0.177. The molecule has 8 nitrogen and oxygen atoms in total. The van der Waals surface area contributed by atoms with E-state index in [-0.39, 0.29) is 19.1 Å². The summed E-state index contributed by atoms with van der Waals surface area (Å²) < 4.78 is 23.9. The molecule has 0 fully saturated rings. The van der Waals surface area contributed by atoms with E-state index in [2.05, 4.69) is 43.5 Å². The van der Waals surface area contributed by atoms with Crippen LogP contribution in [0, 0.1) is 0 Å². The van der Waals surface area contributed by atoms with Crippen molar-refractivity contribution in [3.8, 4) is 0 Å². The van der Waals surface area contributed by atoms with Crippen LogP contribution in [0.2, 0.25) is 0 Å². The summed E-state index contributed by atoms with van der Waals surface area (Å²) in [6.45, 7) is 4.86. The Labute approximate surface area is 557 Å². The fourth-order valence-corrected chi connectivity index (χ4v) is 13.2. The maximum Gasteiger partial charge on any atom is 0.472 e. The minimum atomic E-state index is -4.36. The normalized spacial score (nSPS) is 13.7. The minimum absolute atomic E-state index is 0.0586. The van der Waals surface area contributed by atoms with Crippen molar-refractivity contribution in [3.63, 3.8) is 0 Å². The molecular formula is C80H158N2O6P+. The van der Waals surface area contributed by atoms with Crippen LogP contribution < -0.4 is 5.32 Å². The molecule has 3 N–H and O–H groups in total. The molecule has 528 valence electrons. The predicted octanol–water partition coefficient (Wildman–Crippen LogP) is 26.0. The van der Waals surface area contributed by atoms with Crippen molar-refractivity contribution in [3.05, 3.63) is 36.5 Å². The summed E-state index contributed by atoms with van der Waals surface area (Å²) in [7, 11) is 1.58. The van der Waals surface area contributed by atoms with E-state index in [1.54, 1.807) is 6.08 Å². The third-order valence-corrected chi connectivity index (χ3v) is 19.6. The second-order valence-electron chi connectivity index (χ2n) is 28.8. The molecular weight excluding hydrogens is 1120 g/mol. The fourth-order valence-electron chi connectivity index (χ4n) is 12.4. The first-order valence-electron chi connectivity index (χ1n) is 39.9. The zero-order valence-corrected chi connectivity index (χ0v) is 61.6. The molecule has 0 saturated carbocycles. The van der Waals surface area contributed by atoms with E-state index < -0.39 is 20.0 Å². The molecule has 0 aromatic carbocycles. The van der Waals surface area contributed by atoms with Gasteiger partial charge in [0.15, 0.2) is 0 Å². The predicted molar refractivity (Wildman–Crippen MR) is 392 cm³/mol. The van der Waals surface area contributed by atoms with Crippen molar-refractivity contribution in [2.45, 2.75) is 431 Å². The zero-order chi connectivity index (χ0) is 64.8. The highest BCUT2D eigenvalue weighted by Gasteiger charge is 2.28. The molecule has 3 unspecified atom stereocenters. The first kappa shape index (κ1) is 87.7. The molecule has 0 radical (unpaired) electrons. The number of aliphatic hydroxyl groups excluding tert-OH is 1. The van der Waals surface area contributed by atoms with Crippen molar-refractivity contribution in [2.24, 2.45) is 0 Å². The molecule has 0 rings (SSSR count). The van der Waals surface area contributed by atoms with Gasteiger partial charge in [0.25, 0.3) is 0 Å². The van der Waals surface area contributed by atoms with Gasteiger partial charge in [-0.05, 0) is 57.8 Å². The number of amides is 1. The number of phosphoric acid groups is 1. The third-order valence-electron chi connectivity index (χ3n) is 18.6. The molecule has 3 atom stereocenters. The number of likely N-dealkylation sites (N-methyl/N-ethyl adjacent to an activating group) is 1. The number of nitrogens with zero attached hydrogens (tertiary/aromatic N) is 1. The van der Waals surface area contributed by atoms with Gasteiger partial charge in [0, 0.05) is 6.42 Å². The van der Waals surface area contributed by atoms with Gasteiger partial charge in [0.1, 0.15) is 13.2 Å². The molecule has 89 heavy (non-hydrogen) atoms. The highest BCUT2D eigenvalue weighted by atomic mass is 31.2. The number of unbranched alkanes of at least 4 members (excludes halogenated alkanes) is 58. The quantitative estimate of drug-likeness (QED) is 0.0243. The molecule has 0 spiro atoms. The van der Waals surface area contributed by atoms with E-state index in [0.29, 0.717) is 17.4 Å². The fraction of sp³-hybridized carbons (Fsp3) is 0.912. The highest BCUT2D eigenvalue weighted by Crippen LogP contribution is 2.43. The summed E-state index contributed by atoms with van der Waals surface area (Å²) in [6, 6.07) is -0.864. The molecule has 0 heterocycles. The van der Waals surface area contributed by atoms with Crippen LogP contribution >= 0.6 is 7.82 Å². The van der Waals surface area contributed by atoms with Gasteiger partial charge in [-0.25, -0.2) is 4.57 Å². The van der Waals surface area contributed by atoms with Crippen LogP contribution in [0.4, 0.5) is 0 Å². The van der Waals surface area contributed by atoms with Crippen LogP contribution in [0.15, 0.2) is 36.5 Å². The van der Waals surface area contributed by atoms with E-state index >= 15 is 0 Å². The van der Waals surface area contributed by atoms with E-state index in [1.807, 2.05) is 27.2 Å². The van der Waals surface area contributed by atoms with Crippen LogP contribution in [0.5, 0.6) is 0 Å². The van der Waals surface area contributed by atoms with Crippen molar-refractivity contribution >= 4 is 13.7 Å². The van der Waals surface area contributed by atoms with Crippen LogP contribution in [0.3, 0.4) is 0 Å². The molecule has 0 saturated heterocycles. The standard InChI is InChI=1S/C80H157N2O6P/c1-6-8-10-12-14-16-18-20-22-24-26-28-30-32-34-36-37-38-39-40-41-42-43-44-45-46-48-50-52-54-56-58-60-62-64-66-68-70-72-74-80(84)81-78(77-88-89(85,86)87-76-75-82(3,4)5)79(83)73-71-69-67-65-63-61-59-57-55-53-51-49-47-35-33-31-29-27-25-23-21-19-17-15-13-11-9-7-2/h24,26,63,65,71,73,78-79,83H,6-23,25,27-62,64,66-70,72,74-77H2,1-5H3,(H-,81,84,85,86)/p+1/b26-24-,65-63+,73-71+. The molecule has 0 aromatic heterocycles. The molecule has 1 amide bonds. The average Bonchev–Trinajstić information content (AvgIpc) is 3.55. The smallest absolute Gasteiger partial charge is 0.387 e. The van der Waals surface area contributed by atoms with Gasteiger partial charge in [0.05, 0.1) is 39.9 Å². The van der Waals surface area contributed by atoms with Gasteiger partial charge in [-0.1, -0.05) is 391 Å². The third kappa shape index (κ3) is 74.0. The first-order valence-corrected chi connectivity index (χ1v) is 41.4. The van der Waals surface area contributed by atoms with Gasteiger partial charge in [-0.3, -0.25) is 13.8 Å². The number of allylic oxidation sites excluding steroid dienone is 5. The number of carbonyl (C=O) groups is 1. The van der Waals surface area contributed by atoms with Gasteiger partial charge >= 0.3 is 7.82 Å². The Morgan fingerprint density at radius 1 is 0.371 bits per heavy atom. The minimum Gasteiger partial charge on any atom is -0.387 e. The van der Waals surface area contributed by atoms with Crippen LogP contribution in [-0.4, -0.2) is 73.4 Å². The van der Waals surface area contributed by atoms with Crippen LogP contribution in [-0.2, 0) is 18.4 Å². The lowest BCUT2D eigenvalue weighted by Crippen LogP contribution is -2.45. The van der Waals surface area contributed by atoms with Crippen molar-refractivity contribution in [1.82, 2.24) is 5.32 Å². The number of carbonyl (C=O) groups excluding carboxylic acids is 1. The Bertz CT molecular complexity index is 1550. The van der Waals surface area contributed by atoms with Crippen molar-refractivity contribution in [1.29, 1.82) is 0 Å². The first-order chi connectivity index (χ1) is 43.5. The number of phosphoric ester groups is 1. The highest BCUT2D eigenvalue weighted by molar-refractivity contribution is 7.47. The lowest BCUT2D eigenvalue weighted by Gasteiger charge is -2.25. The Morgan fingerprint density at radius 2 is 0.618 bits per heavy atom. The maximum atomic E-state index is 13.1. The topological polar surface area (TPSA) is 105 Å². The summed E-state index contributed by atoms with van der Waals surface area (Å²) in [5.41, 5.74) is 0. The maximum absolute atomic E-state index is 13.1. The van der Waals surface area contributed by atoms with Crippen LogP contribution in [0.1, 0.15) is 418 Å².